The summed E-state index contributed by atoms with van der Waals surface area (Å²) in [6.07, 6.45) is 2.17. The van der Waals surface area contributed by atoms with Crippen molar-refractivity contribution in [3.05, 3.63) is 53.6 Å². The van der Waals surface area contributed by atoms with Crippen LogP contribution in [-0.4, -0.2) is 29.8 Å². The molecule has 3 rings (SSSR count). The molecule has 0 aromatic heterocycles. The van der Waals surface area contributed by atoms with Crippen LogP contribution in [0.2, 0.25) is 0 Å². The van der Waals surface area contributed by atoms with E-state index < -0.39 is 6.61 Å². The van der Waals surface area contributed by atoms with Crippen LogP contribution >= 0.6 is 12.2 Å². The third kappa shape index (κ3) is 5.29. The molecule has 0 spiro atoms. The number of alkyl halides is 2. The lowest BCUT2D eigenvalue weighted by Crippen LogP contribution is -2.36. The zero-order valence-electron chi connectivity index (χ0n) is 15.2. The monoisotopic (exact) mass is 392 g/mol. The summed E-state index contributed by atoms with van der Waals surface area (Å²) in [4.78, 5) is 2.12. The van der Waals surface area contributed by atoms with Crippen LogP contribution < -0.4 is 14.8 Å². The first-order valence-corrected chi connectivity index (χ1v) is 9.13. The van der Waals surface area contributed by atoms with Crippen molar-refractivity contribution in [3.63, 3.8) is 0 Å². The number of thiocarbonyl (C=S) groups is 1. The minimum Gasteiger partial charge on any atom is -0.493 e. The fourth-order valence-corrected chi connectivity index (χ4v) is 3.12. The molecule has 0 atom stereocenters. The van der Waals surface area contributed by atoms with Crippen LogP contribution in [-0.2, 0) is 6.54 Å². The highest BCUT2D eigenvalue weighted by atomic mass is 32.1. The Hall–Kier alpha value is -2.41. The molecule has 2 aromatic carbocycles. The first kappa shape index (κ1) is 19.4. The van der Waals surface area contributed by atoms with E-state index in [9.17, 15) is 8.78 Å². The van der Waals surface area contributed by atoms with Crippen LogP contribution in [0.4, 0.5) is 14.5 Å². The number of hydrogen-bond donors (Lipinski definition) is 1. The molecule has 0 bridgehead atoms. The van der Waals surface area contributed by atoms with Gasteiger partial charge in [0.15, 0.2) is 16.6 Å². The van der Waals surface area contributed by atoms with Crippen molar-refractivity contribution in [1.82, 2.24) is 4.90 Å². The van der Waals surface area contributed by atoms with Gasteiger partial charge in [-0.15, -0.1) is 0 Å². The lowest BCUT2D eigenvalue weighted by atomic mass is 10.2. The largest absolute Gasteiger partial charge is 0.493 e. The summed E-state index contributed by atoms with van der Waals surface area (Å²) in [6.45, 7) is -0.292. The smallest absolute Gasteiger partial charge is 0.387 e. The van der Waals surface area contributed by atoms with Crippen molar-refractivity contribution in [1.29, 1.82) is 0 Å². The maximum absolute atomic E-state index is 12.5. The fraction of sp³-hybridized carbons (Fsp3) is 0.350. The lowest BCUT2D eigenvalue weighted by molar-refractivity contribution is -0.0512. The number of nitrogens with zero attached hydrogens (tertiary/aromatic N) is 1. The number of methoxy groups -OCH3 is 1. The minimum atomic E-state index is -2.89. The van der Waals surface area contributed by atoms with Gasteiger partial charge in [0.25, 0.3) is 0 Å². The highest BCUT2D eigenvalue weighted by Crippen LogP contribution is 2.33. The molecule has 0 amide bonds. The number of halogens is 2. The average molecular weight is 392 g/mol. The first-order valence-electron chi connectivity index (χ1n) is 8.72. The predicted molar refractivity (Wildman–Crippen MR) is 106 cm³/mol. The summed E-state index contributed by atoms with van der Waals surface area (Å²) in [5.41, 5.74) is 3.03. The Kier molecular flexibility index (Phi) is 6.11. The third-order valence-electron chi connectivity index (χ3n) is 4.35. The lowest BCUT2D eigenvalue weighted by Gasteiger charge is -2.26. The Morgan fingerprint density at radius 1 is 1.19 bits per heavy atom. The van der Waals surface area contributed by atoms with E-state index in [4.69, 9.17) is 17.0 Å². The maximum atomic E-state index is 12.5. The van der Waals surface area contributed by atoms with Crippen LogP contribution in [0, 0.1) is 6.92 Å². The van der Waals surface area contributed by atoms with Gasteiger partial charge in [-0.1, -0.05) is 23.8 Å². The van der Waals surface area contributed by atoms with Gasteiger partial charge in [0.2, 0.25) is 0 Å². The molecule has 0 saturated heterocycles. The van der Waals surface area contributed by atoms with Gasteiger partial charge >= 0.3 is 6.61 Å². The van der Waals surface area contributed by atoms with Gasteiger partial charge in [-0.2, -0.15) is 8.78 Å². The summed E-state index contributed by atoms with van der Waals surface area (Å²) in [5.74, 6) is 0.301. The van der Waals surface area contributed by atoms with Gasteiger partial charge in [-0.3, -0.25) is 0 Å². The maximum Gasteiger partial charge on any atom is 0.387 e. The third-order valence-corrected chi connectivity index (χ3v) is 4.68. The quantitative estimate of drug-likeness (QED) is 0.673. The van der Waals surface area contributed by atoms with E-state index in [0.717, 1.165) is 24.1 Å². The van der Waals surface area contributed by atoms with Gasteiger partial charge in [-0.05, 0) is 61.8 Å². The summed E-state index contributed by atoms with van der Waals surface area (Å²) >= 11 is 5.61. The average Bonchev–Trinajstić information content (AvgIpc) is 3.47. The van der Waals surface area contributed by atoms with E-state index in [1.54, 1.807) is 12.1 Å². The summed E-state index contributed by atoms with van der Waals surface area (Å²) < 4.78 is 34.6. The molecule has 7 heteroatoms. The Balaban J connectivity index is 1.72. The highest BCUT2D eigenvalue weighted by molar-refractivity contribution is 7.80. The minimum absolute atomic E-state index is 0.0228. The zero-order chi connectivity index (χ0) is 19.4. The van der Waals surface area contributed by atoms with Gasteiger partial charge < -0.3 is 19.7 Å². The topological polar surface area (TPSA) is 33.7 Å². The second-order valence-electron chi connectivity index (χ2n) is 6.52. The van der Waals surface area contributed by atoms with Crippen molar-refractivity contribution >= 4 is 23.0 Å². The second kappa shape index (κ2) is 8.52. The standard InChI is InChI=1S/C20H22F2N2O2S/c1-13-3-6-15(7-4-13)23-20(27)24(16-8-9-16)12-14-5-10-17(26-19(21)22)18(11-14)25-2/h3-7,10-11,16,19H,8-9,12H2,1-2H3,(H,23,27). The van der Waals surface area contributed by atoms with Crippen molar-refractivity contribution in [2.24, 2.45) is 0 Å². The van der Waals surface area contributed by atoms with Gasteiger partial charge in [0, 0.05) is 18.3 Å². The van der Waals surface area contributed by atoms with Crippen LogP contribution in [0.1, 0.15) is 24.0 Å². The zero-order valence-corrected chi connectivity index (χ0v) is 16.1. The molecule has 0 heterocycles. The number of aryl methyl sites for hydroxylation is 1. The molecule has 1 aliphatic carbocycles. The van der Waals surface area contributed by atoms with Crippen LogP contribution in [0.5, 0.6) is 11.5 Å². The molecule has 1 aliphatic rings. The van der Waals surface area contributed by atoms with E-state index in [2.05, 4.69) is 15.0 Å². The number of hydrogen-bond acceptors (Lipinski definition) is 3. The molecule has 1 saturated carbocycles. The van der Waals surface area contributed by atoms with Crippen molar-refractivity contribution < 1.29 is 18.3 Å². The van der Waals surface area contributed by atoms with Gasteiger partial charge in [0.1, 0.15) is 0 Å². The van der Waals surface area contributed by atoms with E-state index in [1.165, 1.54) is 18.7 Å². The molecular formula is C20H22F2N2O2S. The molecule has 27 heavy (non-hydrogen) atoms. The molecule has 0 aliphatic heterocycles. The molecule has 2 aromatic rings. The molecule has 1 fully saturated rings. The fourth-order valence-electron chi connectivity index (χ4n) is 2.79. The molecule has 0 unspecified atom stereocenters. The summed E-state index contributed by atoms with van der Waals surface area (Å²) in [5, 5.41) is 3.93. The molecule has 4 nitrogen and oxygen atoms in total. The van der Waals surface area contributed by atoms with E-state index >= 15 is 0 Å². The molecule has 0 radical (unpaired) electrons. The highest BCUT2D eigenvalue weighted by Gasteiger charge is 2.31. The first-order chi connectivity index (χ1) is 13.0. The summed E-state index contributed by atoms with van der Waals surface area (Å²) in [7, 11) is 1.43. The van der Waals surface area contributed by atoms with Gasteiger partial charge in [0.05, 0.1) is 7.11 Å². The number of ether oxygens (including phenoxy) is 2. The Morgan fingerprint density at radius 3 is 2.48 bits per heavy atom. The number of nitrogens with one attached hydrogen (secondary N) is 1. The Bertz CT molecular complexity index is 795. The number of rotatable bonds is 7. The normalized spacial score (nSPS) is 13.4. The molecular weight excluding hydrogens is 370 g/mol. The van der Waals surface area contributed by atoms with Crippen molar-refractivity contribution in [2.45, 2.75) is 39.0 Å². The Morgan fingerprint density at radius 2 is 1.89 bits per heavy atom. The van der Waals surface area contributed by atoms with Gasteiger partial charge in [-0.25, -0.2) is 0 Å². The Labute approximate surface area is 163 Å². The van der Waals surface area contributed by atoms with Crippen LogP contribution in [0.3, 0.4) is 0 Å². The predicted octanol–water partition coefficient (Wildman–Crippen LogP) is 4.97. The summed E-state index contributed by atoms with van der Waals surface area (Å²) in [6, 6.07) is 13.4. The van der Waals surface area contributed by atoms with Crippen LogP contribution in [0.15, 0.2) is 42.5 Å². The molecule has 1 N–H and O–H groups in total. The number of anilines is 1. The SMILES string of the molecule is COc1cc(CN(C(=S)Nc2ccc(C)cc2)C2CC2)ccc1OC(F)F. The number of benzene rings is 2. The van der Waals surface area contributed by atoms with Crippen molar-refractivity contribution in [2.75, 3.05) is 12.4 Å². The molecule has 144 valence electrons. The second-order valence-corrected chi connectivity index (χ2v) is 6.91. The van der Waals surface area contributed by atoms with E-state index in [0.29, 0.717) is 17.7 Å². The van der Waals surface area contributed by atoms with Crippen molar-refractivity contribution in [3.8, 4) is 11.5 Å². The van der Waals surface area contributed by atoms with E-state index in [-0.39, 0.29) is 11.5 Å². The van der Waals surface area contributed by atoms with Crippen LogP contribution in [0.25, 0.3) is 0 Å². The van der Waals surface area contributed by atoms with E-state index in [1.807, 2.05) is 31.2 Å².